The lowest BCUT2D eigenvalue weighted by atomic mass is 9.73. The summed E-state index contributed by atoms with van der Waals surface area (Å²) < 4.78 is 2.28. The van der Waals surface area contributed by atoms with Gasteiger partial charge in [-0.05, 0) is 31.1 Å². The fourth-order valence-electron chi connectivity index (χ4n) is 3.38. The predicted molar refractivity (Wildman–Crippen MR) is 81.6 cm³/mol. The maximum Gasteiger partial charge on any atom is 0.313 e. The largest absolute Gasteiger partial charge is 0.481 e. The highest BCUT2D eigenvalue weighted by Gasteiger charge is 2.39. The van der Waals surface area contributed by atoms with Gasteiger partial charge in [-0.2, -0.15) is 0 Å². The highest BCUT2D eigenvalue weighted by Crippen LogP contribution is 2.48. The normalized spacial score (nSPS) is 25.0. The smallest absolute Gasteiger partial charge is 0.313 e. The molecule has 0 aliphatic heterocycles. The molecule has 6 heteroatoms. The third-order valence-corrected chi connectivity index (χ3v) is 5.65. The molecule has 3 rings (SSSR count). The topological polar surface area (TPSA) is 68.0 Å². The van der Waals surface area contributed by atoms with Crippen LogP contribution in [0.15, 0.2) is 5.16 Å². The van der Waals surface area contributed by atoms with Gasteiger partial charge in [0.1, 0.15) is 5.82 Å². The zero-order valence-corrected chi connectivity index (χ0v) is 13.5. The summed E-state index contributed by atoms with van der Waals surface area (Å²) in [6.07, 6.45) is 7.25. The monoisotopic (exact) mass is 309 g/mol. The van der Waals surface area contributed by atoms with Crippen LogP contribution in [-0.4, -0.2) is 31.6 Å². The second-order valence-corrected chi connectivity index (χ2v) is 7.86. The molecule has 1 atom stereocenters. The number of carboxylic acids is 1. The number of nitrogens with zero attached hydrogens (tertiary/aromatic N) is 3. The second-order valence-electron chi connectivity index (χ2n) is 6.92. The van der Waals surface area contributed by atoms with E-state index in [1.54, 1.807) is 0 Å². The first-order chi connectivity index (χ1) is 9.99. The van der Waals surface area contributed by atoms with E-state index in [1.165, 1.54) is 43.9 Å². The van der Waals surface area contributed by atoms with Crippen LogP contribution in [-0.2, 0) is 4.79 Å². The van der Waals surface area contributed by atoms with Crippen molar-refractivity contribution in [2.45, 2.75) is 69.5 Å². The number of aromatic nitrogens is 3. The minimum atomic E-state index is -0.801. The zero-order chi connectivity index (χ0) is 15.0. The third kappa shape index (κ3) is 3.10. The third-order valence-electron chi connectivity index (χ3n) is 4.72. The second kappa shape index (κ2) is 5.63. The highest BCUT2D eigenvalue weighted by atomic mass is 32.2. The molecule has 1 aromatic heterocycles. The molecule has 21 heavy (non-hydrogen) atoms. The lowest BCUT2D eigenvalue weighted by Gasteiger charge is -2.40. The van der Waals surface area contributed by atoms with Gasteiger partial charge in [-0.3, -0.25) is 4.79 Å². The summed E-state index contributed by atoms with van der Waals surface area (Å²) in [6, 6.07) is 0.396. The van der Waals surface area contributed by atoms with E-state index < -0.39 is 5.97 Å². The van der Waals surface area contributed by atoms with Gasteiger partial charge in [0.05, 0.1) is 5.75 Å². The van der Waals surface area contributed by atoms with Crippen LogP contribution >= 0.6 is 11.8 Å². The molecule has 0 aromatic carbocycles. The van der Waals surface area contributed by atoms with Crippen molar-refractivity contribution in [3.8, 4) is 0 Å². The maximum absolute atomic E-state index is 10.9. The van der Waals surface area contributed by atoms with Crippen LogP contribution in [0.5, 0.6) is 0 Å². The molecule has 1 unspecified atom stereocenters. The predicted octanol–water partition coefficient (Wildman–Crippen LogP) is 3.47. The van der Waals surface area contributed by atoms with E-state index in [0.29, 0.717) is 12.0 Å². The van der Waals surface area contributed by atoms with Gasteiger partial charge in [-0.1, -0.05) is 38.5 Å². The summed E-state index contributed by atoms with van der Waals surface area (Å²) in [4.78, 5) is 10.9. The molecule has 0 radical (unpaired) electrons. The molecule has 1 heterocycles. The molecular weight excluding hydrogens is 286 g/mol. The van der Waals surface area contributed by atoms with Gasteiger partial charge < -0.3 is 9.67 Å². The van der Waals surface area contributed by atoms with Crippen LogP contribution in [0.3, 0.4) is 0 Å². The molecular formula is C15H23N3O2S. The molecule has 1 aromatic rings. The fourth-order valence-corrected chi connectivity index (χ4v) is 4.09. The fraction of sp³-hybridized carbons (Fsp3) is 0.800. The average Bonchev–Trinajstić information content (AvgIpc) is 3.17. The molecule has 0 spiro atoms. The van der Waals surface area contributed by atoms with Gasteiger partial charge in [0.2, 0.25) is 0 Å². The van der Waals surface area contributed by atoms with Gasteiger partial charge in [0, 0.05) is 12.0 Å². The zero-order valence-electron chi connectivity index (χ0n) is 12.7. The van der Waals surface area contributed by atoms with Crippen molar-refractivity contribution in [2.24, 2.45) is 5.41 Å². The summed E-state index contributed by atoms with van der Waals surface area (Å²) >= 11 is 1.31. The quantitative estimate of drug-likeness (QED) is 0.843. The van der Waals surface area contributed by atoms with E-state index in [4.69, 9.17) is 5.11 Å². The minimum Gasteiger partial charge on any atom is -0.481 e. The molecule has 2 saturated carbocycles. The van der Waals surface area contributed by atoms with Gasteiger partial charge in [-0.25, -0.2) is 0 Å². The van der Waals surface area contributed by atoms with Crippen molar-refractivity contribution in [1.82, 2.24) is 14.8 Å². The summed E-state index contributed by atoms with van der Waals surface area (Å²) in [6.45, 7) is 4.64. The first-order valence-corrected chi connectivity index (χ1v) is 8.77. The Morgan fingerprint density at radius 2 is 2.10 bits per heavy atom. The van der Waals surface area contributed by atoms with Crippen molar-refractivity contribution >= 4 is 17.7 Å². The molecule has 5 nitrogen and oxygen atoms in total. The van der Waals surface area contributed by atoms with E-state index in [0.717, 1.165) is 17.4 Å². The van der Waals surface area contributed by atoms with E-state index in [2.05, 4.69) is 28.6 Å². The van der Waals surface area contributed by atoms with Crippen molar-refractivity contribution in [3.05, 3.63) is 5.82 Å². The van der Waals surface area contributed by atoms with Crippen LogP contribution in [0.1, 0.15) is 70.2 Å². The molecule has 2 aliphatic rings. The summed E-state index contributed by atoms with van der Waals surface area (Å²) in [5, 5.41) is 18.4. The summed E-state index contributed by atoms with van der Waals surface area (Å²) in [5.74, 6) is 0.873. The van der Waals surface area contributed by atoms with E-state index >= 15 is 0 Å². The molecule has 0 bridgehead atoms. The molecule has 2 aliphatic carbocycles. The Balaban J connectivity index is 1.93. The van der Waals surface area contributed by atoms with Gasteiger partial charge >= 0.3 is 5.97 Å². The van der Waals surface area contributed by atoms with Crippen molar-refractivity contribution in [1.29, 1.82) is 0 Å². The number of hydrogen-bond donors (Lipinski definition) is 1. The van der Waals surface area contributed by atoms with Gasteiger partial charge in [-0.15, -0.1) is 10.2 Å². The number of carbonyl (C=O) groups is 1. The number of aliphatic carboxylic acids is 1. The number of thioether (sulfide) groups is 1. The van der Waals surface area contributed by atoms with E-state index in [9.17, 15) is 4.79 Å². The van der Waals surface area contributed by atoms with E-state index in [-0.39, 0.29) is 11.2 Å². The SMILES string of the molecule is CC1(C)CCCCC1n1c(SCC(=O)O)nnc1C1CC1. The standard InChI is InChI=1S/C15H23N3O2S/c1-15(2)8-4-3-5-11(15)18-13(10-6-7-10)16-17-14(18)21-9-12(19)20/h10-11H,3-9H2,1-2H3,(H,19,20). The van der Waals surface area contributed by atoms with Gasteiger partial charge in [0.15, 0.2) is 5.16 Å². The summed E-state index contributed by atoms with van der Waals surface area (Å²) in [5.41, 5.74) is 0.225. The molecule has 0 amide bonds. The van der Waals surface area contributed by atoms with Crippen molar-refractivity contribution in [2.75, 3.05) is 5.75 Å². The van der Waals surface area contributed by atoms with Crippen molar-refractivity contribution < 1.29 is 9.90 Å². The Hall–Kier alpha value is -1.04. The number of rotatable bonds is 5. The Labute approximate surface area is 129 Å². The molecule has 2 fully saturated rings. The first kappa shape index (κ1) is 14.9. The number of carboxylic acid groups (broad SMARTS) is 1. The van der Waals surface area contributed by atoms with Gasteiger partial charge in [0.25, 0.3) is 0 Å². The van der Waals surface area contributed by atoms with Crippen LogP contribution in [0.4, 0.5) is 0 Å². The van der Waals surface area contributed by atoms with Crippen LogP contribution in [0, 0.1) is 5.41 Å². The van der Waals surface area contributed by atoms with Crippen LogP contribution < -0.4 is 0 Å². The Morgan fingerprint density at radius 3 is 2.71 bits per heavy atom. The maximum atomic E-state index is 10.9. The molecule has 1 N–H and O–H groups in total. The van der Waals surface area contributed by atoms with Crippen LogP contribution in [0.25, 0.3) is 0 Å². The van der Waals surface area contributed by atoms with Crippen LogP contribution in [0.2, 0.25) is 0 Å². The Kier molecular flexibility index (Phi) is 3.99. The van der Waals surface area contributed by atoms with E-state index in [1.807, 2.05) is 0 Å². The lowest BCUT2D eigenvalue weighted by molar-refractivity contribution is -0.133. The minimum absolute atomic E-state index is 0.0515. The summed E-state index contributed by atoms with van der Waals surface area (Å²) in [7, 11) is 0. The molecule has 0 saturated heterocycles. The highest BCUT2D eigenvalue weighted by molar-refractivity contribution is 7.99. The average molecular weight is 309 g/mol. The Bertz CT molecular complexity index is 537. The number of hydrogen-bond acceptors (Lipinski definition) is 4. The first-order valence-electron chi connectivity index (χ1n) is 7.78. The molecule has 116 valence electrons. The van der Waals surface area contributed by atoms with Crippen molar-refractivity contribution in [3.63, 3.8) is 0 Å². The lowest BCUT2D eigenvalue weighted by Crippen LogP contribution is -2.32. The Morgan fingerprint density at radius 1 is 1.33 bits per heavy atom.